The zero-order chi connectivity index (χ0) is 10.7. The van der Waals surface area contributed by atoms with Crippen LogP contribution in [0.3, 0.4) is 0 Å². The van der Waals surface area contributed by atoms with Gasteiger partial charge >= 0.3 is 0 Å². The van der Waals surface area contributed by atoms with Crippen molar-refractivity contribution in [2.24, 2.45) is 0 Å². The molecule has 0 fully saturated rings. The van der Waals surface area contributed by atoms with E-state index in [2.05, 4.69) is 22.5 Å². The number of hydrogen-bond donors (Lipinski definition) is 1. The van der Waals surface area contributed by atoms with E-state index < -0.39 is 6.10 Å². The smallest absolute Gasteiger partial charge is 0.119 e. The van der Waals surface area contributed by atoms with E-state index in [0.717, 1.165) is 15.8 Å². The summed E-state index contributed by atoms with van der Waals surface area (Å²) in [7, 11) is 1.60. The van der Waals surface area contributed by atoms with Crippen LogP contribution in [0.5, 0.6) is 5.75 Å². The highest BCUT2D eigenvalue weighted by molar-refractivity contribution is 9.10. The Balaban J connectivity index is 3.11. The minimum Gasteiger partial charge on any atom is -0.497 e. The average Bonchev–Trinajstić information content (AvgIpc) is 2.17. The molecule has 0 aliphatic carbocycles. The lowest BCUT2D eigenvalue weighted by atomic mass is 10.0. The van der Waals surface area contributed by atoms with Gasteiger partial charge in [0, 0.05) is 10.0 Å². The highest BCUT2D eigenvalue weighted by Crippen LogP contribution is 2.30. The quantitative estimate of drug-likeness (QED) is 0.843. The molecule has 0 amide bonds. The summed E-state index contributed by atoms with van der Waals surface area (Å²) in [5.41, 5.74) is 1.48. The third-order valence-corrected chi connectivity index (χ3v) is 2.69. The van der Waals surface area contributed by atoms with Crippen LogP contribution in [0, 0.1) is 0 Å². The average molecular weight is 257 g/mol. The number of benzene rings is 1. The van der Waals surface area contributed by atoms with E-state index >= 15 is 0 Å². The van der Waals surface area contributed by atoms with Gasteiger partial charge in [-0.25, -0.2) is 0 Å². The van der Waals surface area contributed by atoms with E-state index in [9.17, 15) is 5.11 Å². The summed E-state index contributed by atoms with van der Waals surface area (Å²) in [4.78, 5) is 0. The topological polar surface area (TPSA) is 29.5 Å². The van der Waals surface area contributed by atoms with Crippen molar-refractivity contribution in [3.8, 4) is 5.75 Å². The maximum atomic E-state index is 9.81. The molecule has 0 saturated carbocycles. The second-order valence-electron chi connectivity index (χ2n) is 3.14. The minimum atomic E-state index is -0.653. The molecular weight excluding hydrogens is 244 g/mol. The second-order valence-corrected chi connectivity index (χ2v) is 3.99. The van der Waals surface area contributed by atoms with E-state index in [0.29, 0.717) is 5.57 Å². The SMILES string of the molecule is C=C(C)C(O)c1cc(OC)ccc1Br. The van der Waals surface area contributed by atoms with Crippen LogP contribution in [0.15, 0.2) is 34.8 Å². The zero-order valence-corrected chi connectivity index (χ0v) is 9.84. The standard InChI is InChI=1S/C11H13BrO2/c1-7(2)11(13)9-6-8(14-3)4-5-10(9)12/h4-6,11,13H,1H2,2-3H3. The lowest BCUT2D eigenvalue weighted by Crippen LogP contribution is -1.99. The van der Waals surface area contributed by atoms with Gasteiger partial charge in [-0.2, -0.15) is 0 Å². The molecule has 1 unspecified atom stereocenters. The zero-order valence-electron chi connectivity index (χ0n) is 8.25. The molecular formula is C11H13BrO2. The molecule has 0 radical (unpaired) electrons. The van der Waals surface area contributed by atoms with Crippen molar-refractivity contribution < 1.29 is 9.84 Å². The number of halogens is 1. The molecule has 0 saturated heterocycles. The Bertz CT molecular complexity index is 347. The molecule has 1 N–H and O–H groups in total. The fourth-order valence-corrected chi connectivity index (χ4v) is 1.59. The van der Waals surface area contributed by atoms with E-state index in [4.69, 9.17) is 4.74 Å². The molecule has 0 aliphatic heterocycles. The third-order valence-electron chi connectivity index (χ3n) is 1.96. The van der Waals surface area contributed by atoms with Gasteiger partial charge in [-0.05, 0) is 30.7 Å². The number of methoxy groups -OCH3 is 1. The van der Waals surface area contributed by atoms with Crippen LogP contribution < -0.4 is 4.74 Å². The summed E-state index contributed by atoms with van der Waals surface area (Å²) >= 11 is 3.37. The molecule has 0 spiro atoms. The number of ether oxygens (including phenoxy) is 1. The molecule has 0 heterocycles. The number of rotatable bonds is 3. The summed E-state index contributed by atoms with van der Waals surface area (Å²) in [5.74, 6) is 0.725. The second kappa shape index (κ2) is 4.62. The molecule has 2 nitrogen and oxygen atoms in total. The van der Waals surface area contributed by atoms with Gasteiger partial charge < -0.3 is 9.84 Å². The van der Waals surface area contributed by atoms with Crippen molar-refractivity contribution in [3.05, 3.63) is 40.4 Å². The fourth-order valence-electron chi connectivity index (χ4n) is 1.12. The Kier molecular flexibility index (Phi) is 3.72. The molecule has 0 aliphatic rings. The van der Waals surface area contributed by atoms with Crippen LogP contribution in [0.1, 0.15) is 18.6 Å². The predicted molar refractivity (Wildman–Crippen MR) is 60.5 cm³/mol. The van der Waals surface area contributed by atoms with Crippen molar-refractivity contribution in [1.82, 2.24) is 0 Å². The van der Waals surface area contributed by atoms with Crippen molar-refractivity contribution in [2.45, 2.75) is 13.0 Å². The summed E-state index contributed by atoms with van der Waals surface area (Å²) in [6.45, 7) is 5.50. The van der Waals surface area contributed by atoms with Crippen molar-refractivity contribution in [2.75, 3.05) is 7.11 Å². The molecule has 1 atom stereocenters. The lowest BCUT2D eigenvalue weighted by molar-refractivity contribution is 0.215. The molecule has 0 bridgehead atoms. The van der Waals surface area contributed by atoms with Crippen LogP contribution in [0.25, 0.3) is 0 Å². The van der Waals surface area contributed by atoms with Gasteiger partial charge in [0.05, 0.1) is 7.11 Å². The molecule has 76 valence electrons. The monoisotopic (exact) mass is 256 g/mol. The highest BCUT2D eigenvalue weighted by atomic mass is 79.9. The Morgan fingerprint density at radius 1 is 1.57 bits per heavy atom. The first-order valence-corrected chi connectivity index (χ1v) is 5.02. The first kappa shape index (κ1) is 11.3. The largest absolute Gasteiger partial charge is 0.497 e. The molecule has 14 heavy (non-hydrogen) atoms. The summed E-state index contributed by atoms with van der Waals surface area (Å²) in [5, 5.41) is 9.81. The van der Waals surface area contributed by atoms with Crippen LogP contribution >= 0.6 is 15.9 Å². The van der Waals surface area contributed by atoms with E-state index in [1.165, 1.54) is 0 Å². The van der Waals surface area contributed by atoms with Gasteiger partial charge in [0.2, 0.25) is 0 Å². The Morgan fingerprint density at radius 3 is 2.71 bits per heavy atom. The van der Waals surface area contributed by atoms with Gasteiger partial charge in [0.25, 0.3) is 0 Å². The maximum Gasteiger partial charge on any atom is 0.119 e. The normalized spacial score (nSPS) is 12.3. The number of aliphatic hydroxyl groups is 1. The molecule has 1 aromatic rings. The van der Waals surface area contributed by atoms with Crippen molar-refractivity contribution in [1.29, 1.82) is 0 Å². The maximum absolute atomic E-state index is 9.81. The van der Waals surface area contributed by atoms with Gasteiger partial charge in [-0.1, -0.05) is 22.5 Å². The Labute approximate surface area is 92.3 Å². The minimum absolute atomic E-state index is 0.653. The van der Waals surface area contributed by atoms with Crippen molar-refractivity contribution >= 4 is 15.9 Å². The van der Waals surface area contributed by atoms with Gasteiger partial charge in [0.15, 0.2) is 0 Å². The summed E-state index contributed by atoms with van der Waals surface area (Å²) in [6, 6.07) is 5.47. The van der Waals surface area contributed by atoms with Crippen LogP contribution in [-0.2, 0) is 0 Å². The fraction of sp³-hybridized carbons (Fsp3) is 0.273. The van der Waals surface area contributed by atoms with Crippen LogP contribution in [-0.4, -0.2) is 12.2 Å². The van der Waals surface area contributed by atoms with Crippen molar-refractivity contribution in [3.63, 3.8) is 0 Å². The Hall–Kier alpha value is -0.800. The molecule has 3 heteroatoms. The highest BCUT2D eigenvalue weighted by Gasteiger charge is 2.12. The van der Waals surface area contributed by atoms with Gasteiger partial charge in [0.1, 0.15) is 11.9 Å². The molecule has 1 rings (SSSR count). The Morgan fingerprint density at radius 2 is 2.21 bits per heavy atom. The molecule has 0 aromatic heterocycles. The first-order valence-electron chi connectivity index (χ1n) is 4.23. The predicted octanol–water partition coefficient (Wildman–Crippen LogP) is 3.07. The number of hydrogen-bond acceptors (Lipinski definition) is 2. The van der Waals surface area contributed by atoms with Gasteiger partial charge in [-0.15, -0.1) is 0 Å². The lowest BCUT2D eigenvalue weighted by Gasteiger charge is -2.13. The van der Waals surface area contributed by atoms with E-state index in [-0.39, 0.29) is 0 Å². The first-order chi connectivity index (χ1) is 6.56. The molecule has 1 aromatic carbocycles. The van der Waals surface area contributed by atoms with E-state index in [1.54, 1.807) is 20.1 Å². The number of aliphatic hydroxyl groups excluding tert-OH is 1. The van der Waals surface area contributed by atoms with E-state index in [1.807, 2.05) is 12.1 Å². The summed E-state index contributed by atoms with van der Waals surface area (Å²) < 4.78 is 5.93. The third kappa shape index (κ3) is 2.36. The summed E-state index contributed by atoms with van der Waals surface area (Å²) in [6.07, 6.45) is -0.653. The van der Waals surface area contributed by atoms with Gasteiger partial charge in [-0.3, -0.25) is 0 Å². The van der Waals surface area contributed by atoms with Crippen LogP contribution in [0.2, 0.25) is 0 Å². The van der Waals surface area contributed by atoms with Crippen LogP contribution in [0.4, 0.5) is 0 Å².